The molecular formula is C24H25ClN2O6. The molecule has 1 aliphatic heterocycles. The molecule has 0 radical (unpaired) electrons. The van der Waals surface area contributed by atoms with Crippen molar-refractivity contribution in [3.63, 3.8) is 0 Å². The Morgan fingerprint density at radius 3 is 2.58 bits per heavy atom. The van der Waals surface area contributed by atoms with Crippen LogP contribution < -0.4 is 10.2 Å². The van der Waals surface area contributed by atoms with Crippen molar-refractivity contribution in [2.45, 2.75) is 26.2 Å². The van der Waals surface area contributed by atoms with Gasteiger partial charge in [-0.1, -0.05) is 31.0 Å². The summed E-state index contributed by atoms with van der Waals surface area (Å²) < 4.78 is 10.2. The first-order valence-corrected chi connectivity index (χ1v) is 11.0. The molecule has 1 fully saturated rings. The van der Waals surface area contributed by atoms with E-state index in [0.717, 1.165) is 12.8 Å². The number of hydrogen-bond acceptors (Lipinski definition) is 6. The van der Waals surface area contributed by atoms with E-state index in [9.17, 15) is 19.2 Å². The highest BCUT2D eigenvalue weighted by Gasteiger charge is 2.36. The van der Waals surface area contributed by atoms with Crippen molar-refractivity contribution >= 4 is 46.7 Å². The number of ether oxygens (including phenoxy) is 2. The van der Waals surface area contributed by atoms with Gasteiger partial charge in [-0.25, -0.2) is 4.79 Å². The zero-order valence-corrected chi connectivity index (χ0v) is 19.0. The smallest absolute Gasteiger partial charge is 0.338 e. The van der Waals surface area contributed by atoms with Gasteiger partial charge in [0.1, 0.15) is 0 Å². The summed E-state index contributed by atoms with van der Waals surface area (Å²) >= 11 is 5.97. The fourth-order valence-corrected chi connectivity index (χ4v) is 3.48. The highest BCUT2D eigenvalue weighted by Crippen LogP contribution is 2.27. The maximum atomic E-state index is 12.4. The largest absolute Gasteiger partial charge is 0.462 e. The summed E-state index contributed by atoms with van der Waals surface area (Å²) in [5, 5.41) is 3.09. The Morgan fingerprint density at radius 2 is 1.88 bits per heavy atom. The molecule has 2 amide bonds. The van der Waals surface area contributed by atoms with Crippen LogP contribution in [0.25, 0.3) is 0 Å². The number of nitrogens with one attached hydrogen (secondary N) is 1. The van der Waals surface area contributed by atoms with Crippen LogP contribution >= 0.6 is 11.6 Å². The molecule has 0 unspecified atom stereocenters. The zero-order valence-electron chi connectivity index (χ0n) is 18.2. The molecule has 0 bridgehead atoms. The molecular weight excluding hydrogens is 448 g/mol. The van der Waals surface area contributed by atoms with Crippen LogP contribution in [0.1, 0.15) is 36.5 Å². The predicted molar refractivity (Wildman–Crippen MR) is 123 cm³/mol. The van der Waals surface area contributed by atoms with Crippen LogP contribution in [0.2, 0.25) is 5.02 Å². The first-order chi connectivity index (χ1) is 15.9. The first-order valence-electron chi connectivity index (χ1n) is 10.7. The lowest BCUT2D eigenvalue weighted by Crippen LogP contribution is -2.28. The number of nitrogens with zero attached hydrogens (tertiary/aromatic N) is 1. The van der Waals surface area contributed by atoms with Crippen LogP contribution in [0, 0.1) is 5.92 Å². The second-order valence-corrected chi connectivity index (χ2v) is 8.04. The average molecular weight is 473 g/mol. The summed E-state index contributed by atoms with van der Waals surface area (Å²) in [6.45, 7) is 2.05. The van der Waals surface area contributed by atoms with Crippen LogP contribution in [0.5, 0.6) is 0 Å². The molecule has 2 aromatic rings. The van der Waals surface area contributed by atoms with Crippen LogP contribution in [0.4, 0.5) is 11.4 Å². The number of hydrogen-bond donors (Lipinski definition) is 1. The molecule has 1 atom stereocenters. The summed E-state index contributed by atoms with van der Waals surface area (Å²) in [7, 11) is 0. The van der Waals surface area contributed by atoms with Crippen molar-refractivity contribution in [1.82, 2.24) is 0 Å². The Morgan fingerprint density at radius 1 is 1.12 bits per heavy atom. The second-order valence-electron chi connectivity index (χ2n) is 7.61. The lowest BCUT2D eigenvalue weighted by atomic mass is 10.1. The van der Waals surface area contributed by atoms with Gasteiger partial charge in [-0.2, -0.15) is 0 Å². The third kappa shape index (κ3) is 6.79. The maximum absolute atomic E-state index is 12.4. The van der Waals surface area contributed by atoms with Crippen molar-refractivity contribution in [3.8, 4) is 0 Å². The number of halogens is 1. The molecule has 8 nitrogen and oxygen atoms in total. The lowest BCUT2D eigenvalue weighted by molar-refractivity contribution is -0.151. The summed E-state index contributed by atoms with van der Waals surface area (Å²) in [6, 6.07) is 13.0. The number of carbonyl (C=O) groups excluding carboxylic acids is 4. The van der Waals surface area contributed by atoms with Gasteiger partial charge in [0, 0.05) is 29.4 Å². The minimum Gasteiger partial charge on any atom is -0.462 e. The van der Waals surface area contributed by atoms with Crippen molar-refractivity contribution in [3.05, 3.63) is 59.1 Å². The van der Waals surface area contributed by atoms with Gasteiger partial charge in [0.2, 0.25) is 5.91 Å². The fourth-order valence-electron chi connectivity index (χ4n) is 3.29. The standard InChI is InChI=1S/C24H25ClN2O6/c1-2-3-11-32-23(30)16-7-9-19(10-8-16)26-21(28)15-33-24(31)17-12-22(29)27(14-17)20-6-4-5-18(25)13-20/h4-10,13,17H,2-3,11-12,14-15H2,1H3,(H,26,28)/t17-/m0/s1. The van der Waals surface area contributed by atoms with E-state index in [-0.39, 0.29) is 18.9 Å². The minimum atomic E-state index is -0.665. The molecule has 0 saturated carbocycles. The van der Waals surface area contributed by atoms with E-state index in [1.54, 1.807) is 48.5 Å². The molecule has 1 N–H and O–H groups in total. The molecule has 0 spiro atoms. The Bertz CT molecular complexity index is 1020. The van der Waals surface area contributed by atoms with Crippen LogP contribution in [0.3, 0.4) is 0 Å². The van der Waals surface area contributed by atoms with Gasteiger partial charge in [0.15, 0.2) is 6.61 Å². The SMILES string of the molecule is CCCCOC(=O)c1ccc(NC(=O)COC(=O)[C@H]2CC(=O)N(c3cccc(Cl)c3)C2)cc1. The van der Waals surface area contributed by atoms with Crippen LogP contribution in [0.15, 0.2) is 48.5 Å². The van der Waals surface area contributed by atoms with E-state index in [2.05, 4.69) is 5.32 Å². The normalized spacial score (nSPS) is 15.3. The number of esters is 2. The Labute approximate surface area is 196 Å². The van der Waals surface area contributed by atoms with Gasteiger partial charge < -0.3 is 19.7 Å². The van der Waals surface area contributed by atoms with Crippen molar-refractivity contribution in [2.75, 3.05) is 30.0 Å². The van der Waals surface area contributed by atoms with Crippen molar-refractivity contribution in [2.24, 2.45) is 5.92 Å². The van der Waals surface area contributed by atoms with Crippen molar-refractivity contribution in [1.29, 1.82) is 0 Å². The maximum Gasteiger partial charge on any atom is 0.338 e. The Balaban J connectivity index is 1.45. The Kier molecular flexibility index (Phi) is 8.43. The lowest BCUT2D eigenvalue weighted by Gasteiger charge is -2.16. The molecule has 2 aromatic carbocycles. The monoisotopic (exact) mass is 472 g/mol. The van der Waals surface area contributed by atoms with E-state index < -0.39 is 30.4 Å². The summed E-state index contributed by atoms with van der Waals surface area (Å²) in [4.78, 5) is 50.2. The number of benzene rings is 2. The second kappa shape index (κ2) is 11.5. The van der Waals surface area contributed by atoms with Gasteiger partial charge in [-0.05, 0) is 48.9 Å². The molecule has 174 valence electrons. The molecule has 1 aliphatic rings. The highest BCUT2D eigenvalue weighted by atomic mass is 35.5. The van der Waals surface area contributed by atoms with E-state index in [1.165, 1.54) is 4.90 Å². The third-order valence-corrected chi connectivity index (χ3v) is 5.29. The van der Waals surface area contributed by atoms with E-state index >= 15 is 0 Å². The van der Waals surface area contributed by atoms with Crippen LogP contribution in [-0.2, 0) is 23.9 Å². The Hall–Kier alpha value is -3.39. The predicted octanol–water partition coefficient (Wildman–Crippen LogP) is 3.83. The summed E-state index contributed by atoms with van der Waals surface area (Å²) in [5.74, 6) is -2.45. The number of rotatable bonds is 9. The molecule has 1 heterocycles. The molecule has 0 aliphatic carbocycles. The zero-order chi connectivity index (χ0) is 23.8. The number of anilines is 2. The molecule has 1 saturated heterocycles. The number of carbonyl (C=O) groups is 4. The van der Waals surface area contributed by atoms with Crippen molar-refractivity contribution < 1.29 is 28.7 Å². The average Bonchev–Trinajstić information content (AvgIpc) is 3.20. The van der Waals surface area contributed by atoms with Gasteiger partial charge in [0.25, 0.3) is 5.91 Å². The fraction of sp³-hybridized carbons (Fsp3) is 0.333. The first kappa shape index (κ1) is 24.3. The quantitative estimate of drug-likeness (QED) is 0.439. The number of amides is 2. The van der Waals surface area contributed by atoms with Crippen LogP contribution in [-0.4, -0.2) is 43.5 Å². The van der Waals surface area contributed by atoms with E-state index in [1.807, 2.05) is 6.92 Å². The molecule has 3 rings (SSSR count). The summed E-state index contributed by atoms with van der Waals surface area (Å²) in [6.07, 6.45) is 1.73. The highest BCUT2D eigenvalue weighted by molar-refractivity contribution is 6.31. The van der Waals surface area contributed by atoms with Gasteiger partial charge in [0.05, 0.1) is 18.1 Å². The van der Waals surface area contributed by atoms with Gasteiger partial charge >= 0.3 is 11.9 Å². The topological polar surface area (TPSA) is 102 Å². The van der Waals surface area contributed by atoms with E-state index in [4.69, 9.17) is 21.1 Å². The summed E-state index contributed by atoms with van der Waals surface area (Å²) in [5.41, 5.74) is 1.44. The van der Waals surface area contributed by atoms with Gasteiger partial charge in [-0.3, -0.25) is 14.4 Å². The van der Waals surface area contributed by atoms with E-state index in [0.29, 0.717) is 28.6 Å². The molecule has 9 heteroatoms. The number of unbranched alkanes of at least 4 members (excludes halogenated alkanes) is 1. The third-order valence-electron chi connectivity index (χ3n) is 5.06. The minimum absolute atomic E-state index is 0.00276. The van der Waals surface area contributed by atoms with Gasteiger partial charge in [-0.15, -0.1) is 0 Å². The molecule has 33 heavy (non-hydrogen) atoms. The molecule has 0 aromatic heterocycles.